The van der Waals surface area contributed by atoms with Gasteiger partial charge in [0.2, 0.25) is 5.91 Å². The maximum absolute atomic E-state index is 13.4. The van der Waals surface area contributed by atoms with Crippen molar-refractivity contribution in [2.45, 2.75) is 39.3 Å². The normalized spacial score (nSPS) is 13.7. The molecule has 1 aliphatic carbocycles. The van der Waals surface area contributed by atoms with Crippen LogP contribution >= 0.6 is 11.3 Å². The van der Waals surface area contributed by atoms with E-state index < -0.39 is 5.84 Å². The van der Waals surface area contributed by atoms with E-state index >= 15 is 0 Å². The van der Waals surface area contributed by atoms with Crippen LogP contribution in [0.3, 0.4) is 0 Å². The number of amidine groups is 1. The first-order chi connectivity index (χ1) is 18.7. The number of carbonyl (C=O) groups excluding carboxylic acids is 1. The summed E-state index contributed by atoms with van der Waals surface area (Å²) in [6.07, 6.45) is 1.83. The van der Waals surface area contributed by atoms with Gasteiger partial charge in [0.1, 0.15) is 11.7 Å². The summed E-state index contributed by atoms with van der Waals surface area (Å²) in [5.74, 6) is -0.696. The first-order valence-corrected chi connectivity index (χ1v) is 13.1. The highest BCUT2D eigenvalue weighted by atomic mass is 32.1. The number of aryl methyl sites for hydroxylation is 1. The summed E-state index contributed by atoms with van der Waals surface area (Å²) < 4.78 is 2.52. The van der Waals surface area contributed by atoms with Gasteiger partial charge in [0, 0.05) is 24.2 Å². The number of thiazole rings is 1. The van der Waals surface area contributed by atoms with Gasteiger partial charge < -0.3 is 20.9 Å². The van der Waals surface area contributed by atoms with Crippen molar-refractivity contribution in [1.29, 1.82) is 10.8 Å². The SMILES string of the molecule is CC(=O)Nc1nc2ccc(C(=N)/C(C(=N)N)=C(/NO)NCc3cc4cccc(C)c4c(=O)n3C3CC3)cc2s1. The van der Waals surface area contributed by atoms with Gasteiger partial charge in [0.05, 0.1) is 33.4 Å². The number of carbonyl (C=O) groups is 1. The largest absolute Gasteiger partial charge is 0.384 e. The molecule has 0 unspecified atom stereocenters. The molecule has 8 N–H and O–H groups in total. The predicted molar refractivity (Wildman–Crippen MR) is 153 cm³/mol. The van der Waals surface area contributed by atoms with Gasteiger partial charge >= 0.3 is 0 Å². The number of benzene rings is 2. The molecule has 1 aliphatic rings. The van der Waals surface area contributed by atoms with E-state index in [9.17, 15) is 14.8 Å². The summed E-state index contributed by atoms with van der Waals surface area (Å²) in [7, 11) is 0. The Morgan fingerprint density at radius 3 is 2.67 bits per heavy atom. The second-order valence-corrected chi connectivity index (χ2v) is 10.5. The number of fused-ring (bicyclic) bond motifs is 2. The van der Waals surface area contributed by atoms with Crippen molar-refractivity contribution < 1.29 is 10.0 Å². The number of hydroxylamine groups is 1. The highest BCUT2D eigenvalue weighted by Gasteiger charge is 2.28. The van der Waals surface area contributed by atoms with E-state index in [-0.39, 0.29) is 41.2 Å². The van der Waals surface area contributed by atoms with Gasteiger partial charge in [0.25, 0.3) is 5.56 Å². The van der Waals surface area contributed by atoms with Crippen LogP contribution in [0.25, 0.3) is 21.0 Å². The zero-order valence-electron chi connectivity index (χ0n) is 21.4. The molecule has 2 aromatic carbocycles. The Morgan fingerprint density at radius 2 is 2.00 bits per heavy atom. The minimum atomic E-state index is -0.430. The van der Waals surface area contributed by atoms with Crippen LogP contribution in [0.2, 0.25) is 0 Å². The van der Waals surface area contributed by atoms with E-state index in [2.05, 4.69) is 21.1 Å². The lowest BCUT2D eigenvalue weighted by molar-refractivity contribution is -0.114. The van der Waals surface area contributed by atoms with E-state index in [0.717, 1.165) is 34.2 Å². The third-order valence-corrected chi connectivity index (χ3v) is 7.50. The zero-order valence-corrected chi connectivity index (χ0v) is 22.2. The van der Waals surface area contributed by atoms with E-state index in [1.165, 1.54) is 18.3 Å². The topological polar surface area (TPSA) is 182 Å². The molecule has 1 saturated carbocycles. The molecular formula is C27H28N8O3S. The maximum atomic E-state index is 13.4. The number of rotatable bonds is 9. The van der Waals surface area contributed by atoms with Crippen LogP contribution in [-0.2, 0) is 11.3 Å². The number of pyridine rings is 1. The Morgan fingerprint density at radius 1 is 1.23 bits per heavy atom. The first kappa shape index (κ1) is 26.1. The number of hydrogen-bond acceptors (Lipinski definition) is 9. The molecule has 11 nitrogen and oxygen atoms in total. The van der Waals surface area contributed by atoms with E-state index in [1.807, 2.05) is 31.2 Å². The van der Waals surface area contributed by atoms with E-state index in [1.54, 1.807) is 22.8 Å². The molecule has 0 saturated heterocycles. The Bertz CT molecular complexity index is 1750. The van der Waals surface area contributed by atoms with Crippen molar-refractivity contribution in [2.75, 3.05) is 5.32 Å². The monoisotopic (exact) mass is 544 g/mol. The van der Waals surface area contributed by atoms with Crippen molar-refractivity contribution in [3.8, 4) is 0 Å². The molecule has 0 aliphatic heterocycles. The molecule has 1 amide bonds. The standard InChI is InChI=1S/C27H28N8O3S/c1-13-4-3-5-15-10-18(35(17-7-8-17)26(37)21(13)15)12-31-25(34-38)22(24(29)30)23(28)16-6-9-19-20(11-16)39-27(33-19)32-14(2)36/h3-6,9-11,17,28,31,34,38H,7-8,12H2,1-2H3,(H3,29,30)(H,32,33,36)/b25-22-,28-23?. The van der Waals surface area contributed by atoms with Crippen molar-refractivity contribution in [3.63, 3.8) is 0 Å². The molecular weight excluding hydrogens is 516 g/mol. The van der Waals surface area contributed by atoms with Crippen LogP contribution in [0.1, 0.15) is 42.6 Å². The van der Waals surface area contributed by atoms with Crippen LogP contribution in [0, 0.1) is 17.7 Å². The predicted octanol–water partition coefficient (Wildman–Crippen LogP) is 3.50. The molecule has 39 heavy (non-hydrogen) atoms. The summed E-state index contributed by atoms with van der Waals surface area (Å²) in [6, 6.07) is 12.9. The smallest absolute Gasteiger partial charge is 0.259 e. The van der Waals surface area contributed by atoms with Gasteiger partial charge in [-0.05, 0) is 48.9 Å². The number of nitrogens with zero attached hydrogens (tertiary/aromatic N) is 2. The fraction of sp³-hybridized carbons (Fsp3) is 0.222. The molecule has 0 bridgehead atoms. The highest BCUT2D eigenvalue weighted by molar-refractivity contribution is 7.22. The van der Waals surface area contributed by atoms with Crippen molar-refractivity contribution in [3.05, 3.63) is 81.0 Å². The summed E-state index contributed by atoms with van der Waals surface area (Å²) in [4.78, 5) is 29.1. The number of anilines is 1. The quantitative estimate of drug-likeness (QED) is 0.0956. The average Bonchev–Trinajstić information content (AvgIpc) is 3.63. The Labute approximate surface area is 227 Å². The number of nitrogens with two attached hydrogens (primary N) is 1. The maximum Gasteiger partial charge on any atom is 0.259 e. The summed E-state index contributed by atoms with van der Waals surface area (Å²) in [5.41, 5.74) is 10.5. The third-order valence-electron chi connectivity index (χ3n) is 6.57. The molecule has 5 rings (SSSR count). The Kier molecular flexibility index (Phi) is 6.89. The Balaban J connectivity index is 1.49. The molecule has 4 aromatic rings. The number of hydrogen-bond donors (Lipinski definition) is 7. The van der Waals surface area contributed by atoms with E-state index in [0.29, 0.717) is 21.6 Å². The minimum Gasteiger partial charge on any atom is -0.384 e. The molecule has 1 fully saturated rings. The van der Waals surface area contributed by atoms with Crippen molar-refractivity contribution in [2.24, 2.45) is 5.73 Å². The molecule has 0 spiro atoms. The van der Waals surface area contributed by atoms with Crippen molar-refractivity contribution in [1.82, 2.24) is 20.3 Å². The average molecular weight is 545 g/mol. The lowest BCUT2D eigenvalue weighted by Crippen LogP contribution is -2.34. The molecule has 2 heterocycles. The summed E-state index contributed by atoms with van der Waals surface area (Å²) >= 11 is 1.26. The number of aromatic nitrogens is 2. The highest BCUT2D eigenvalue weighted by Crippen LogP contribution is 2.35. The molecule has 200 valence electrons. The second-order valence-electron chi connectivity index (χ2n) is 9.47. The fourth-order valence-corrected chi connectivity index (χ4v) is 5.61. The molecule has 2 aromatic heterocycles. The van der Waals surface area contributed by atoms with Gasteiger partial charge in [-0.15, -0.1) is 0 Å². The number of amides is 1. The first-order valence-electron chi connectivity index (χ1n) is 12.3. The van der Waals surface area contributed by atoms with Crippen molar-refractivity contribution >= 4 is 54.9 Å². The lowest BCUT2D eigenvalue weighted by Gasteiger charge is -2.19. The van der Waals surface area contributed by atoms with Gasteiger partial charge in [-0.1, -0.05) is 35.6 Å². The van der Waals surface area contributed by atoms with Gasteiger partial charge in [0.15, 0.2) is 5.13 Å². The summed E-state index contributed by atoms with van der Waals surface area (Å²) in [5, 5.41) is 34.6. The van der Waals surface area contributed by atoms with E-state index in [4.69, 9.17) is 16.6 Å². The lowest BCUT2D eigenvalue weighted by atomic mass is 10.0. The summed E-state index contributed by atoms with van der Waals surface area (Å²) in [6.45, 7) is 3.47. The van der Waals surface area contributed by atoms with Gasteiger partial charge in [-0.2, -0.15) is 0 Å². The van der Waals surface area contributed by atoms with Crippen LogP contribution < -0.4 is 27.4 Å². The Hall–Kier alpha value is -4.55. The second kappa shape index (κ2) is 10.3. The third kappa shape index (κ3) is 5.11. The zero-order chi connectivity index (χ0) is 27.8. The van der Waals surface area contributed by atoms with Crippen LogP contribution in [0.15, 0.2) is 58.7 Å². The fourth-order valence-electron chi connectivity index (χ4n) is 4.66. The molecule has 0 atom stereocenters. The van der Waals surface area contributed by atoms with Crippen LogP contribution in [0.5, 0.6) is 0 Å². The number of nitrogens with one attached hydrogen (secondary N) is 5. The van der Waals surface area contributed by atoms with Gasteiger partial charge in [-0.25, -0.2) is 4.98 Å². The van der Waals surface area contributed by atoms with Crippen LogP contribution in [0.4, 0.5) is 5.13 Å². The minimum absolute atomic E-state index is 0.0324. The van der Waals surface area contributed by atoms with Crippen LogP contribution in [-0.4, -0.2) is 32.2 Å². The molecule has 0 radical (unpaired) electrons. The molecule has 12 heteroatoms. The van der Waals surface area contributed by atoms with Gasteiger partial charge in [-0.3, -0.25) is 31.1 Å².